The molecule has 0 aliphatic carbocycles. The van der Waals surface area contributed by atoms with Crippen LogP contribution < -0.4 is 10.0 Å². The first-order valence-electron chi connectivity index (χ1n) is 7.75. The second kappa shape index (κ2) is 9.58. The van der Waals surface area contributed by atoms with E-state index in [-0.39, 0.29) is 14.9 Å². The lowest BCUT2D eigenvalue weighted by molar-refractivity contribution is -0.146. The largest absolute Gasteiger partial charge is 0.455 e. The highest BCUT2D eigenvalue weighted by Crippen LogP contribution is 2.24. The van der Waals surface area contributed by atoms with Crippen molar-refractivity contribution < 1.29 is 22.7 Å². The molecule has 2 rings (SSSR count). The fourth-order valence-corrected chi connectivity index (χ4v) is 3.62. The van der Waals surface area contributed by atoms with Gasteiger partial charge in [0.05, 0.1) is 14.9 Å². The molecular weight excluding hydrogens is 451 g/mol. The van der Waals surface area contributed by atoms with E-state index in [1.807, 2.05) is 0 Å². The molecule has 0 atom stereocenters. The number of halogens is 3. The molecule has 7 nitrogen and oxygen atoms in total. The van der Waals surface area contributed by atoms with Crippen molar-refractivity contribution >= 4 is 62.4 Å². The van der Waals surface area contributed by atoms with E-state index in [9.17, 15) is 18.0 Å². The van der Waals surface area contributed by atoms with Gasteiger partial charge in [-0.25, -0.2) is 8.42 Å². The van der Waals surface area contributed by atoms with Gasteiger partial charge in [0.1, 0.15) is 6.54 Å². The topological polar surface area (TPSA) is 102 Å². The van der Waals surface area contributed by atoms with Crippen molar-refractivity contribution in [2.45, 2.75) is 11.8 Å². The molecule has 0 aromatic heterocycles. The molecule has 2 aromatic carbocycles. The summed E-state index contributed by atoms with van der Waals surface area (Å²) in [6, 6.07) is 8.60. The number of aryl methyl sites for hydroxylation is 1. The van der Waals surface area contributed by atoms with Crippen LogP contribution in [0.3, 0.4) is 0 Å². The minimum atomic E-state index is -4.00. The smallest absolute Gasteiger partial charge is 0.321 e. The highest BCUT2D eigenvalue weighted by molar-refractivity contribution is 7.89. The summed E-state index contributed by atoms with van der Waals surface area (Å²) < 4.78 is 31.1. The van der Waals surface area contributed by atoms with E-state index >= 15 is 0 Å². The van der Waals surface area contributed by atoms with E-state index in [1.165, 1.54) is 12.1 Å². The first-order chi connectivity index (χ1) is 13.1. The maximum absolute atomic E-state index is 12.1. The Morgan fingerprint density at radius 2 is 1.75 bits per heavy atom. The van der Waals surface area contributed by atoms with Gasteiger partial charge in [-0.2, -0.15) is 4.72 Å². The van der Waals surface area contributed by atoms with Gasteiger partial charge in [0, 0.05) is 10.7 Å². The molecule has 0 unspecified atom stereocenters. The summed E-state index contributed by atoms with van der Waals surface area (Å²) in [6.45, 7) is 0.524. The van der Waals surface area contributed by atoms with Crippen LogP contribution in [0, 0.1) is 6.92 Å². The van der Waals surface area contributed by atoms with E-state index in [0.717, 1.165) is 11.6 Å². The zero-order valence-electron chi connectivity index (χ0n) is 14.5. The maximum Gasteiger partial charge on any atom is 0.321 e. The Balaban J connectivity index is 1.84. The Bertz CT molecular complexity index is 1010. The fourth-order valence-electron chi connectivity index (χ4n) is 2.03. The zero-order valence-corrected chi connectivity index (χ0v) is 17.5. The molecule has 2 N–H and O–H groups in total. The summed E-state index contributed by atoms with van der Waals surface area (Å²) in [6.07, 6.45) is 0. The molecule has 28 heavy (non-hydrogen) atoms. The minimum Gasteiger partial charge on any atom is -0.455 e. The summed E-state index contributed by atoms with van der Waals surface area (Å²) in [5, 5.41) is 3.34. The first-order valence-corrected chi connectivity index (χ1v) is 10.4. The normalized spacial score (nSPS) is 11.1. The Morgan fingerprint density at radius 1 is 1.04 bits per heavy atom. The van der Waals surface area contributed by atoms with Crippen LogP contribution in [0.1, 0.15) is 5.56 Å². The van der Waals surface area contributed by atoms with Crippen molar-refractivity contribution in [1.82, 2.24) is 4.72 Å². The van der Waals surface area contributed by atoms with Gasteiger partial charge in [-0.05, 0) is 48.9 Å². The SMILES string of the molecule is Cc1cc(Cl)ccc1NC(=O)COC(=O)CNS(=O)(=O)c1ccc(Cl)c(Cl)c1. The number of carbonyl (C=O) groups is 2. The van der Waals surface area contributed by atoms with E-state index in [0.29, 0.717) is 10.7 Å². The standard InChI is InChI=1S/C17H15Cl3N2O5S/c1-10-6-11(18)2-5-15(10)22-16(23)9-27-17(24)8-21-28(25,26)12-3-4-13(19)14(20)7-12/h2-7,21H,8-9H2,1H3,(H,22,23). The Labute approximate surface area is 177 Å². The highest BCUT2D eigenvalue weighted by atomic mass is 35.5. The monoisotopic (exact) mass is 464 g/mol. The predicted molar refractivity (Wildman–Crippen MR) is 107 cm³/mol. The highest BCUT2D eigenvalue weighted by Gasteiger charge is 2.18. The Morgan fingerprint density at radius 3 is 2.39 bits per heavy atom. The van der Waals surface area contributed by atoms with E-state index in [4.69, 9.17) is 39.5 Å². The molecule has 0 spiro atoms. The molecule has 0 saturated carbocycles. The number of ether oxygens (including phenoxy) is 1. The lowest BCUT2D eigenvalue weighted by atomic mass is 10.2. The molecule has 2 aromatic rings. The number of benzene rings is 2. The summed E-state index contributed by atoms with van der Waals surface area (Å²) in [7, 11) is -4.00. The van der Waals surface area contributed by atoms with Gasteiger partial charge in [-0.3, -0.25) is 9.59 Å². The number of hydrogen-bond acceptors (Lipinski definition) is 5. The summed E-state index contributed by atoms with van der Waals surface area (Å²) in [5.41, 5.74) is 1.26. The van der Waals surface area contributed by atoms with Gasteiger partial charge in [-0.15, -0.1) is 0 Å². The molecule has 0 radical (unpaired) electrons. The minimum absolute atomic E-state index is 0.0567. The lowest BCUT2D eigenvalue weighted by Crippen LogP contribution is -2.32. The van der Waals surface area contributed by atoms with Crippen LogP contribution in [0.2, 0.25) is 15.1 Å². The molecule has 11 heteroatoms. The van der Waals surface area contributed by atoms with Gasteiger partial charge in [-0.1, -0.05) is 34.8 Å². The molecule has 150 valence electrons. The third-order valence-corrected chi connectivity index (χ3v) is 5.81. The Hall–Kier alpha value is -1.84. The van der Waals surface area contributed by atoms with Crippen LogP contribution in [0.4, 0.5) is 5.69 Å². The van der Waals surface area contributed by atoms with Gasteiger partial charge in [0.2, 0.25) is 10.0 Å². The molecule has 0 bridgehead atoms. The van der Waals surface area contributed by atoms with Crippen molar-refractivity contribution in [1.29, 1.82) is 0 Å². The number of esters is 1. The van der Waals surface area contributed by atoms with E-state index < -0.39 is 35.1 Å². The van der Waals surface area contributed by atoms with Crippen LogP contribution in [-0.2, 0) is 24.3 Å². The van der Waals surface area contributed by atoms with Gasteiger partial charge in [0.15, 0.2) is 6.61 Å². The van der Waals surface area contributed by atoms with Gasteiger partial charge >= 0.3 is 5.97 Å². The molecule has 0 aliphatic rings. The number of anilines is 1. The summed E-state index contributed by atoms with van der Waals surface area (Å²) in [4.78, 5) is 23.4. The van der Waals surface area contributed by atoms with Crippen molar-refractivity contribution in [2.24, 2.45) is 0 Å². The number of nitrogens with one attached hydrogen (secondary N) is 2. The third-order valence-electron chi connectivity index (χ3n) is 3.43. The number of rotatable bonds is 7. The quantitative estimate of drug-likeness (QED) is 0.610. The van der Waals surface area contributed by atoms with Crippen LogP contribution in [-0.4, -0.2) is 33.4 Å². The summed E-state index contributed by atoms with van der Waals surface area (Å²) in [5.74, 6) is -1.50. The van der Waals surface area contributed by atoms with Crippen LogP contribution in [0.25, 0.3) is 0 Å². The second-order valence-corrected chi connectivity index (χ2v) is 8.59. The average Bonchev–Trinajstić information content (AvgIpc) is 2.63. The van der Waals surface area contributed by atoms with Crippen molar-refractivity contribution in [3.05, 3.63) is 57.0 Å². The summed E-state index contributed by atoms with van der Waals surface area (Å²) >= 11 is 17.4. The maximum atomic E-state index is 12.1. The number of sulfonamides is 1. The van der Waals surface area contributed by atoms with Gasteiger partial charge < -0.3 is 10.1 Å². The van der Waals surface area contributed by atoms with Crippen LogP contribution in [0.5, 0.6) is 0 Å². The molecule has 1 amide bonds. The van der Waals surface area contributed by atoms with Crippen molar-refractivity contribution in [3.63, 3.8) is 0 Å². The number of amides is 1. The van der Waals surface area contributed by atoms with Gasteiger partial charge in [0.25, 0.3) is 5.91 Å². The molecule has 0 saturated heterocycles. The zero-order chi connectivity index (χ0) is 20.9. The lowest BCUT2D eigenvalue weighted by Gasteiger charge is -2.10. The first kappa shape index (κ1) is 22.4. The van der Waals surface area contributed by atoms with Crippen molar-refractivity contribution in [2.75, 3.05) is 18.5 Å². The molecule has 0 aliphatic heterocycles. The third kappa shape index (κ3) is 6.35. The van der Waals surface area contributed by atoms with Crippen LogP contribution in [0.15, 0.2) is 41.3 Å². The molecule has 0 heterocycles. The number of carbonyl (C=O) groups excluding carboxylic acids is 2. The second-order valence-electron chi connectivity index (χ2n) is 5.57. The molecular formula is C17H15Cl3N2O5S. The number of hydrogen-bond donors (Lipinski definition) is 2. The van der Waals surface area contributed by atoms with Crippen LogP contribution >= 0.6 is 34.8 Å². The fraction of sp³-hybridized carbons (Fsp3) is 0.176. The van der Waals surface area contributed by atoms with Crippen molar-refractivity contribution in [3.8, 4) is 0 Å². The van der Waals surface area contributed by atoms with E-state index in [1.54, 1.807) is 25.1 Å². The molecule has 0 fully saturated rings. The average molecular weight is 466 g/mol. The predicted octanol–water partition coefficient (Wildman–Crippen LogP) is 3.42. The van der Waals surface area contributed by atoms with E-state index in [2.05, 4.69) is 10.0 Å². The Kier molecular flexibility index (Phi) is 7.68.